The first kappa shape index (κ1) is 40.5. The summed E-state index contributed by atoms with van der Waals surface area (Å²) in [5, 5.41) is 11.4. The number of ether oxygens (including phenoxy) is 3. The van der Waals surface area contributed by atoms with E-state index < -0.39 is 18.2 Å². The number of para-hydroxylation sites is 1. The van der Waals surface area contributed by atoms with Gasteiger partial charge in [-0.3, -0.25) is 0 Å². The van der Waals surface area contributed by atoms with Gasteiger partial charge in [0.15, 0.2) is 8.32 Å². The van der Waals surface area contributed by atoms with Gasteiger partial charge in [-0.15, -0.1) is 0 Å². The molecule has 5 rings (SSSR count). The minimum atomic E-state index is -3.62. The molecule has 1 aromatic carbocycles. The average molecular weight is 747 g/mol. The molecule has 7 atom stereocenters. The Morgan fingerprint density at radius 2 is 1.51 bits per heavy atom. The SMILES string of the molecule is CCCCCC[C@H]1CCC[C@@H]([C@@H]2CC[C@H]([C@H]3CC[C@H]([C@@H](CCCCCCS(=O)(=O)c4nnnn4-c4ccccc4)O[Si](C)(C)C(C)(C)C)O3)O2)O1. The molecule has 3 aliphatic rings. The summed E-state index contributed by atoms with van der Waals surface area (Å²) in [4.78, 5) is 0. The summed E-state index contributed by atoms with van der Waals surface area (Å²) in [7, 11) is -5.66. The summed E-state index contributed by atoms with van der Waals surface area (Å²) in [6.07, 6.45) is 19.3. The largest absolute Gasteiger partial charge is 0.411 e. The summed E-state index contributed by atoms with van der Waals surface area (Å²) < 4.78 is 54.9. The predicted octanol–water partition coefficient (Wildman–Crippen LogP) is 8.78. The molecule has 2 aromatic rings. The van der Waals surface area contributed by atoms with E-state index in [1.165, 1.54) is 49.6 Å². The van der Waals surface area contributed by atoms with Crippen molar-refractivity contribution in [1.82, 2.24) is 20.2 Å². The Labute approximate surface area is 309 Å². The number of sulfone groups is 1. The first-order chi connectivity index (χ1) is 24.4. The zero-order valence-corrected chi connectivity index (χ0v) is 34.1. The highest BCUT2D eigenvalue weighted by atomic mass is 32.2. The van der Waals surface area contributed by atoms with Crippen molar-refractivity contribution < 1.29 is 27.1 Å². The van der Waals surface area contributed by atoms with Gasteiger partial charge in [-0.05, 0) is 105 Å². The molecule has 0 bridgehead atoms. The van der Waals surface area contributed by atoms with Gasteiger partial charge in [-0.1, -0.05) is 95.9 Å². The van der Waals surface area contributed by atoms with Gasteiger partial charge in [0.2, 0.25) is 9.84 Å². The van der Waals surface area contributed by atoms with Crippen molar-refractivity contribution in [1.29, 1.82) is 0 Å². The van der Waals surface area contributed by atoms with Crippen LogP contribution in [0, 0.1) is 0 Å². The molecule has 0 unspecified atom stereocenters. The Balaban J connectivity index is 1.09. The van der Waals surface area contributed by atoms with E-state index in [1.807, 2.05) is 18.2 Å². The van der Waals surface area contributed by atoms with Gasteiger partial charge in [0.25, 0.3) is 5.16 Å². The first-order valence-corrected chi connectivity index (χ1v) is 24.6. The predicted molar refractivity (Wildman–Crippen MR) is 203 cm³/mol. The second-order valence-electron chi connectivity index (χ2n) is 16.8. The highest BCUT2D eigenvalue weighted by Gasteiger charge is 2.45. The number of benzene rings is 1. The third kappa shape index (κ3) is 11.2. The van der Waals surface area contributed by atoms with E-state index in [1.54, 1.807) is 12.1 Å². The van der Waals surface area contributed by atoms with Crippen LogP contribution in [-0.4, -0.2) is 85.4 Å². The van der Waals surface area contributed by atoms with Crippen molar-refractivity contribution >= 4 is 18.2 Å². The number of hydrogen-bond donors (Lipinski definition) is 0. The van der Waals surface area contributed by atoms with Crippen molar-refractivity contribution in [2.75, 3.05) is 5.75 Å². The molecule has 0 aliphatic carbocycles. The monoisotopic (exact) mass is 746 g/mol. The van der Waals surface area contributed by atoms with Crippen molar-refractivity contribution in [3.63, 3.8) is 0 Å². The number of rotatable bonds is 19. The fraction of sp³-hybridized carbons (Fsp3) is 0.821. The third-order valence-corrected chi connectivity index (χ3v) is 17.9. The van der Waals surface area contributed by atoms with Crippen LogP contribution in [0.15, 0.2) is 35.5 Å². The lowest BCUT2D eigenvalue weighted by Crippen LogP contribution is -2.47. The normalized spacial score (nSPS) is 26.9. The van der Waals surface area contributed by atoms with Crippen LogP contribution in [0.5, 0.6) is 0 Å². The lowest BCUT2D eigenvalue weighted by molar-refractivity contribution is -0.144. The molecular weight excluding hydrogens is 681 g/mol. The number of aromatic nitrogens is 4. The van der Waals surface area contributed by atoms with Crippen LogP contribution in [0.3, 0.4) is 0 Å². The molecule has 0 N–H and O–H groups in total. The second-order valence-corrected chi connectivity index (χ2v) is 23.6. The Kier molecular flexibility index (Phi) is 14.7. The van der Waals surface area contributed by atoms with Crippen LogP contribution in [0.1, 0.15) is 137 Å². The topological polar surface area (TPSA) is 115 Å². The number of hydrogen-bond acceptors (Lipinski definition) is 9. The zero-order chi connectivity index (χ0) is 36.5. The Morgan fingerprint density at radius 1 is 0.843 bits per heavy atom. The molecule has 0 radical (unpaired) electrons. The quantitative estimate of drug-likeness (QED) is 0.103. The molecule has 4 heterocycles. The van der Waals surface area contributed by atoms with E-state index in [4.69, 9.17) is 18.6 Å². The minimum absolute atomic E-state index is 0.0193. The van der Waals surface area contributed by atoms with Crippen molar-refractivity contribution in [3.05, 3.63) is 30.3 Å². The number of tetrazole rings is 1. The lowest BCUT2D eigenvalue weighted by Gasteiger charge is -2.41. The van der Waals surface area contributed by atoms with E-state index in [0.717, 1.165) is 57.8 Å². The third-order valence-electron chi connectivity index (χ3n) is 11.8. The molecule has 1 aromatic heterocycles. The second kappa shape index (κ2) is 18.6. The van der Waals surface area contributed by atoms with E-state index in [9.17, 15) is 8.42 Å². The molecule has 51 heavy (non-hydrogen) atoms. The minimum Gasteiger partial charge on any atom is -0.411 e. The zero-order valence-electron chi connectivity index (χ0n) is 32.3. The van der Waals surface area contributed by atoms with Crippen LogP contribution in [0.4, 0.5) is 0 Å². The molecule has 10 nitrogen and oxygen atoms in total. The Morgan fingerprint density at radius 3 is 2.24 bits per heavy atom. The van der Waals surface area contributed by atoms with Gasteiger partial charge in [0, 0.05) is 0 Å². The summed E-state index contributed by atoms with van der Waals surface area (Å²) >= 11 is 0. The highest BCUT2D eigenvalue weighted by molar-refractivity contribution is 7.91. The maximum Gasteiger partial charge on any atom is 0.272 e. The van der Waals surface area contributed by atoms with Crippen LogP contribution in [0.25, 0.3) is 5.69 Å². The van der Waals surface area contributed by atoms with Gasteiger partial charge in [0.05, 0.1) is 54.2 Å². The number of unbranched alkanes of at least 4 members (excludes halogenated alkanes) is 6. The van der Waals surface area contributed by atoms with E-state index in [2.05, 4.69) is 56.3 Å². The van der Waals surface area contributed by atoms with E-state index in [-0.39, 0.29) is 52.6 Å². The van der Waals surface area contributed by atoms with E-state index >= 15 is 0 Å². The molecule has 3 aliphatic heterocycles. The molecule has 0 spiro atoms. The van der Waals surface area contributed by atoms with Crippen molar-refractivity contribution in [3.8, 4) is 5.69 Å². The standard InChI is InChI=1S/C39H66N4O6SSi/c1-7-8-9-15-21-31-22-18-24-32(46-31)33-25-26-34(47-33)35-27-28-36(48-35)37(49-51(5,6)39(2,3)4)23-16-10-11-17-29-50(44,45)38-40-41-42-43(38)30-19-13-12-14-20-30/h12-14,19-20,31-37H,7-11,15-18,21-29H2,1-6H3/t31-,32-,33-,34+,35+,36+,37+/m0/s1. The fourth-order valence-corrected chi connectivity index (χ4v) is 10.5. The maximum absolute atomic E-state index is 13.2. The van der Waals surface area contributed by atoms with Crippen molar-refractivity contribution in [2.24, 2.45) is 0 Å². The summed E-state index contributed by atoms with van der Waals surface area (Å²) in [6.45, 7) is 13.8. The first-order valence-electron chi connectivity index (χ1n) is 20.1. The van der Waals surface area contributed by atoms with Crippen LogP contribution >= 0.6 is 0 Å². The summed E-state index contributed by atoms with van der Waals surface area (Å²) in [5.74, 6) is 0.0193. The van der Waals surface area contributed by atoms with Crippen LogP contribution in [0.2, 0.25) is 18.1 Å². The summed E-state index contributed by atoms with van der Waals surface area (Å²) in [5.41, 5.74) is 0.629. The van der Waals surface area contributed by atoms with Gasteiger partial charge in [-0.25, -0.2) is 8.42 Å². The van der Waals surface area contributed by atoms with Crippen molar-refractivity contribution in [2.45, 2.75) is 203 Å². The average Bonchev–Trinajstić information content (AvgIpc) is 3.89. The number of nitrogens with zero attached hydrogens (tertiary/aromatic N) is 4. The van der Waals surface area contributed by atoms with E-state index in [0.29, 0.717) is 18.2 Å². The molecule has 0 saturated carbocycles. The molecule has 288 valence electrons. The van der Waals surface area contributed by atoms with Gasteiger partial charge < -0.3 is 18.6 Å². The van der Waals surface area contributed by atoms with Crippen LogP contribution < -0.4 is 0 Å². The maximum atomic E-state index is 13.2. The summed E-state index contributed by atoms with van der Waals surface area (Å²) in [6, 6.07) is 9.13. The van der Waals surface area contributed by atoms with Gasteiger partial charge in [0.1, 0.15) is 0 Å². The van der Waals surface area contributed by atoms with Gasteiger partial charge in [-0.2, -0.15) is 4.68 Å². The Bertz CT molecular complexity index is 1430. The smallest absolute Gasteiger partial charge is 0.272 e. The van der Waals surface area contributed by atoms with Crippen LogP contribution in [-0.2, 0) is 28.5 Å². The molecule has 0 amide bonds. The Hall–Kier alpha value is -1.70. The lowest BCUT2D eigenvalue weighted by atomic mass is 9.96. The molecule has 3 saturated heterocycles. The highest BCUT2D eigenvalue weighted by Crippen LogP contribution is 2.41. The fourth-order valence-electron chi connectivity index (χ4n) is 7.75. The molecule has 3 fully saturated rings. The van der Waals surface area contributed by atoms with Gasteiger partial charge >= 0.3 is 0 Å². The molecular formula is C39H66N4O6SSi. The molecule has 12 heteroatoms.